The van der Waals surface area contributed by atoms with Gasteiger partial charge in [-0.15, -0.1) is 0 Å². The summed E-state index contributed by atoms with van der Waals surface area (Å²) in [4.78, 5) is 21.0. The van der Waals surface area contributed by atoms with Crippen LogP contribution in [0.1, 0.15) is 69.2 Å². The number of aromatic nitrogens is 2. The number of carbonyl (C=O) groups excluding carboxylic acids is 1. The minimum atomic E-state index is -0.137. The zero-order chi connectivity index (χ0) is 15.1. The molecular formula is C15H26N4O. The maximum atomic E-state index is 12.3. The van der Waals surface area contributed by atoms with Crippen molar-refractivity contribution in [3.8, 4) is 0 Å². The van der Waals surface area contributed by atoms with Crippen molar-refractivity contribution >= 4 is 11.6 Å². The summed E-state index contributed by atoms with van der Waals surface area (Å²) in [7, 11) is 1.77. The number of unbranched alkanes of at least 4 members (excludes halogenated alkanes) is 1. The molecule has 1 aromatic rings. The molecule has 1 aromatic heterocycles. The van der Waals surface area contributed by atoms with Crippen LogP contribution in [0.5, 0.6) is 0 Å². The minimum Gasteiger partial charge on any atom is -0.385 e. The second-order valence-electron chi connectivity index (χ2n) is 5.41. The Bertz CT molecular complexity index is 445. The molecule has 0 aliphatic carbocycles. The van der Waals surface area contributed by atoms with Crippen molar-refractivity contribution in [3.63, 3.8) is 0 Å². The van der Waals surface area contributed by atoms with Gasteiger partial charge in [0.2, 0.25) is 0 Å². The largest absolute Gasteiger partial charge is 0.385 e. The highest BCUT2D eigenvalue weighted by Crippen LogP contribution is 2.16. The summed E-state index contributed by atoms with van der Waals surface area (Å²) >= 11 is 0. The molecule has 20 heavy (non-hydrogen) atoms. The highest BCUT2D eigenvalue weighted by molar-refractivity contribution is 5.97. The van der Waals surface area contributed by atoms with Gasteiger partial charge in [0.05, 0.1) is 11.9 Å². The lowest BCUT2D eigenvalue weighted by atomic mass is 10.1. The summed E-state index contributed by atoms with van der Waals surface area (Å²) in [6, 6.07) is 0.157. The molecule has 112 valence electrons. The fourth-order valence-corrected chi connectivity index (χ4v) is 1.90. The van der Waals surface area contributed by atoms with Crippen molar-refractivity contribution in [2.45, 2.75) is 58.9 Å². The van der Waals surface area contributed by atoms with E-state index in [2.05, 4.69) is 27.5 Å². The van der Waals surface area contributed by atoms with Crippen LogP contribution in [-0.2, 0) is 0 Å². The van der Waals surface area contributed by atoms with Crippen LogP contribution in [0.3, 0.4) is 0 Å². The predicted octanol–water partition coefficient (Wildman–Crippen LogP) is 2.95. The highest BCUT2D eigenvalue weighted by Gasteiger charge is 2.17. The number of hydrogen-bond donors (Lipinski definition) is 2. The summed E-state index contributed by atoms with van der Waals surface area (Å²) in [5.41, 5.74) is 1.09. The number of nitrogens with zero attached hydrogens (tertiary/aromatic N) is 2. The molecule has 0 saturated heterocycles. The van der Waals surface area contributed by atoms with Gasteiger partial charge in [-0.25, -0.2) is 9.97 Å². The first-order valence-corrected chi connectivity index (χ1v) is 7.35. The van der Waals surface area contributed by atoms with Gasteiger partial charge in [-0.2, -0.15) is 0 Å². The number of hydrogen-bond acceptors (Lipinski definition) is 4. The van der Waals surface area contributed by atoms with Gasteiger partial charge >= 0.3 is 0 Å². The van der Waals surface area contributed by atoms with E-state index in [4.69, 9.17) is 0 Å². The van der Waals surface area contributed by atoms with Gasteiger partial charge in [-0.05, 0) is 13.3 Å². The third-order valence-corrected chi connectivity index (χ3v) is 3.18. The lowest BCUT2D eigenvalue weighted by molar-refractivity contribution is 0.0933. The molecule has 2 N–H and O–H groups in total. The van der Waals surface area contributed by atoms with Crippen LogP contribution in [0.4, 0.5) is 5.69 Å². The molecule has 0 radical (unpaired) electrons. The molecule has 5 nitrogen and oxygen atoms in total. The summed E-state index contributed by atoms with van der Waals surface area (Å²) < 4.78 is 0. The van der Waals surface area contributed by atoms with Crippen molar-refractivity contribution in [3.05, 3.63) is 17.7 Å². The van der Waals surface area contributed by atoms with Crippen molar-refractivity contribution in [1.29, 1.82) is 0 Å². The summed E-state index contributed by atoms with van der Waals surface area (Å²) in [5.74, 6) is 0.752. The zero-order valence-corrected chi connectivity index (χ0v) is 13.2. The topological polar surface area (TPSA) is 66.9 Å². The third-order valence-electron chi connectivity index (χ3n) is 3.18. The molecule has 0 bridgehead atoms. The van der Waals surface area contributed by atoms with Crippen LogP contribution in [0.15, 0.2) is 6.20 Å². The molecule has 1 unspecified atom stereocenters. The highest BCUT2D eigenvalue weighted by atomic mass is 16.2. The summed E-state index contributed by atoms with van der Waals surface area (Å²) in [6.45, 7) is 8.20. The van der Waals surface area contributed by atoms with Crippen molar-refractivity contribution in [1.82, 2.24) is 15.3 Å². The van der Waals surface area contributed by atoms with Crippen LogP contribution < -0.4 is 10.6 Å². The lowest BCUT2D eigenvalue weighted by Gasteiger charge is -2.15. The van der Waals surface area contributed by atoms with Gasteiger partial charge in [0, 0.05) is 19.0 Å². The van der Waals surface area contributed by atoms with Crippen molar-refractivity contribution < 1.29 is 4.79 Å². The Kier molecular flexibility index (Phi) is 6.42. The Morgan fingerprint density at radius 1 is 1.35 bits per heavy atom. The zero-order valence-electron chi connectivity index (χ0n) is 13.2. The van der Waals surface area contributed by atoms with Crippen LogP contribution in [0.25, 0.3) is 0 Å². The first kappa shape index (κ1) is 16.4. The van der Waals surface area contributed by atoms with Crippen molar-refractivity contribution in [2.75, 3.05) is 12.4 Å². The SMILES string of the molecule is CCCCC(C)NC(=O)c1nc(C(C)C)ncc1NC. The van der Waals surface area contributed by atoms with Crippen LogP contribution in [0.2, 0.25) is 0 Å². The molecule has 0 saturated carbocycles. The Hall–Kier alpha value is -1.65. The normalized spacial score (nSPS) is 12.3. The number of carbonyl (C=O) groups is 1. The monoisotopic (exact) mass is 278 g/mol. The van der Waals surface area contributed by atoms with E-state index in [9.17, 15) is 4.79 Å². The molecule has 1 rings (SSSR count). The van der Waals surface area contributed by atoms with Gasteiger partial charge in [0.15, 0.2) is 5.69 Å². The smallest absolute Gasteiger partial charge is 0.272 e. The Morgan fingerprint density at radius 2 is 2.05 bits per heavy atom. The maximum Gasteiger partial charge on any atom is 0.272 e. The van der Waals surface area contributed by atoms with Crippen LogP contribution >= 0.6 is 0 Å². The van der Waals surface area contributed by atoms with E-state index in [-0.39, 0.29) is 17.9 Å². The molecular weight excluding hydrogens is 252 g/mol. The number of nitrogens with one attached hydrogen (secondary N) is 2. The Labute approximate surface area is 121 Å². The van der Waals surface area contributed by atoms with Crippen LogP contribution in [-0.4, -0.2) is 29.0 Å². The molecule has 0 aliphatic rings. The second kappa shape index (κ2) is 7.82. The van der Waals surface area contributed by atoms with E-state index in [1.165, 1.54) is 0 Å². The Balaban J connectivity index is 2.87. The van der Waals surface area contributed by atoms with E-state index in [1.54, 1.807) is 13.2 Å². The number of rotatable bonds is 7. The maximum absolute atomic E-state index is 12.3. The quantitative estimate of drug-likeness (QED) is 0.804. The van der Waals surface area contributed by atoms with E-state index < -0.39 is 0 Å². The van der Waals surface area contributed by atoms with Gasteiger partial charge in [0.25, 0.3) is 5.91 Å². The van der Waals surface area contributed by atoms with E-state index >= 15 is 0 Å². The van der Waals surface area contributed by atoms with E-state index in [0.29, 0.717) is 17.2 Å². The molecule has 1 heterocycles. The predicted molar refractivity (Wildman–Crippen MR) is 82.1 cm³/mol. The van der Waals surface area contributed by atoms with Crippen molar-refractivity contribution in [2.24, 2.45) is 0 Å². The summed E-state index contributed by atoms with van der Waals surface area (Å²) in [5, 5.41) is 5.98. The van der Waals surface area contributed by atoms with E-state index in [1.807, 2.05) is 20.8 Å². The molecule has 1 amide bonds. The number of anilines is 1. The van der Waals surface area contributed by atoms with Gasteiger partial charge in [-0.3, -0.25) is 4.79 Å². The van der Waals surface area contributed by atoms with Crippen LogP contribution in [0, 0.1) is 0 Å². The molecule has 0 fully saturated rings. The molecule has 0 spiro atoms. The second-order valence-corrected chi connectivity index (χ2v) is 5.41. The lowest BCUT2D eigenvalue weighted by Crippen LogP contribution is -2.33. The van der Waals surface area contributed by atoms with Gasteiger partial charge in [0.1, 0.15) is 5.82 Å². The first-order chi connectivity index (χ1) is 9.49. The van der Waals surface area contributed by atoms with Gasteiger partial charge in [-0.1, -0.05) is 33.6 Å². The first-order valence-electron chi connectivity index (χ1n) is 7.35. The number of amides is 1. The molecule has 5 heteroatoms. The average Bonchev–Trinajstić information content (AvgIpc) is 2.44. The van der Waals surface area contributed by atoms with E-state index in [0.717, 1.165) is 19.3 Å². The Morgan fingerprint density at radius 3 is 2.60 bits per heavy atom. The standard InChI is InChI=1S/C15H26N4O/c1-6-7-8-11(4)18-15(20)13-12(16-5)9-17-14(19-13)10(2)3/h9-11,16H,6-8H2,1-5H3,(H,18,20). The van der Waals surface area contributed by atoms with Gasteiger partial charge < -0.3 is 10.6 Å². The fraction of sp³-hybridized carbons (Fsp3) is 0.667. The summed E-state index contributed by atoms with van der Waals surface area (Å²) in [6.07, 6.45) is 4.90. The molecule has 0 aromatic carbocycles. The fourth-order valence-electron chi connectivity index (χ4n) is 1.90. The molecule has 1 atom stereocenters. The minimum absolute atomic E-state index is 0.137. The molecule has 0 aliphatic heterocycles. The average molecular weight is 278 g/mol. The third kappa shape index (κ3) is 4.47.